The lowest BCUT2D eigenvalue weighted by atomic mass is 9.88. The van der Waals surface area contributed by atoms with Crippen LogP contribution >= 0.6 is 0 Å². The van der Waals surface area contributed by atoms with E-state index in [2.05, 4.69) is 13.2 Å². The molecule has 3 rings (SSSR count). The number of rotatable bonds is 8. The fourth-order valence-electron chi connectivity index (χ4n) is 3.95. The van der Waals surface area contributed by atoms with Crippen molar-refractivity contribution in [1.29, 1.82) is 0 Å². The van der Waals surface area contributed by atoms with Crippen LogP contribution in [0.5, 0.6) is 0 Å². The first-order chi connectivity index (χ1) is 13.7. The van der Waals surface area contributed by atoms with E-state index in [0.717, 1.165) is 11.1 Å². The average Bonchev–Trinajstić information content (AvgIpc) is 2.73. The number of aliphatic hydroxyl groups is 1. The van der Waals surface area contributed by atoms with E-state index in [-0.39, 0.29) is 18.1 Å². The lowest BCUT2D eigenvalue weighted by molar-refractivity contribution is -0.0306. The molecule has 2 amide bonds. The van der Waals surface area contributed by atoms with Crippen LogP contribution in [0.1, 0.15) is 11.1 Å². The highest BCUT2D eigenvalue weighted by atomic mass is 16.3. The minimum absolute atomic E-state index is 0.0769. The van der Waals surface area contributed by atoms with Crippen LogP contribution in [0.3, 0.4) is 0 Å². The predicted octanol–water partition coefficient (Wildman–Crippen LogP) is 3.68. The highest BCUT2D eigenvalue weighted by molar-refractivity contribution is 5.77. The van der Waals surface area contributed by atoms with Gasteiger partial charge in [-0.25, -0.2) is 4.79 Å². The van der Waals surface area contributed by atoms with Crippen LogP contribution in [0.15, 0.2) is 86.0 Å². The van der Waals surface area contributed by atoms with Crippen molar-refractivity contribution >= 4 is 6.03 Å². The molecule has 1 N–H and O–H groups in total. The maximum atomic E-state index is 13.3. The molecular formula is C24H28N2O2. The largest absolute Gasteiger partial charge is 0.389 e. The summed E-state index contributed by atoms with van der Waals surface area (Å²) in [6, 6.07) is 19.3. The van der Waals surface area contributed by atoms with Crippen LogP contribution < -0.4 is 0 Å². The number of urea groups is 1. The van der Waals surface area contributed by atoms with Gasteiger partial charge in [0.2, 0.25) is 0 Å². The Balaban J connectivity index is 1.93. The number of amides is 2. The Morgan fingerprint density at radius 3 is 1.54 bits per heavy atom. The Kier molecular flexibility index (Phi) is 6.66. The minimum atomic E-state index is -0.682. The molecule has 0 spiro atoms. The molecule has 1 heterocycles. The van der Waals surface area contributed by atoms with Gasteiger partial charge in [0.05, 0.1) is 18.2 Å². The zero-order chi connectivity index (χ0) is 19.9. The molecule has 4 heteroatoms. The molecule has 0 unspecified atom stereocenters. The average molecular weight is 377 g/mol. The lowest BCUT2D eigenvalue weighted by Gasteiger charge is -2.49. The quantitative estimate of drug-likeness (QED) is 0.714. The SMILES string of the molecule is C=CCN1C(=O)N(CC=C)[C@@H](Cc2ccccc2)C(O)[C@@H]1Cc1ccccc1. The Hall–Kier alpha value is -2.85. The zero-order valence-corrected chi connectivity index (χ0v) is 16.2. The van der Waals surface area contributed by atoms with E-state index in [4.69, 9.17) is 0 Å². The van der Waals surface area contributed by atoms with Gasteiger partial charge in [0.25, 0.3) is 0 Å². The smallest absolute Gasteiger partial charge is 0.321 e. The first kappa shape index (κ1) is 19.9. The molecule has 0 aliphatic carbocycles. The second kappa shape index (κ2) is 9.38. The summed E-state index contributed by atoms with van der Waals surface area (Å²) >= 11 is 0. The van der Waals surface area contributed by atoms with Gasteiger partial charge in [-0.05, 0) is 24.0 Å². The van der Waals surface area contributed by atoms with Gasteiger partial charge < -0.3 is 14.9 Å². The Bertz CT molecular complexity index is 725. The summed E-state index contributed by atoms with van der Waals surface area (Å²) in [6.45, 7) is 8.40. The van der Waals surface area contributed by atoms with E-state index in [0.29, 0.717) is 25.9 Å². The van der Waals surface area contributed by atoms with E-state index >= 15 is 0 Å². The summed E-state index contributed by atoms with van der Waals surface area (Å²) in [5.74, 6) is 0. The van der Waals surface area contributed by atoms with Gasteiger partial charge in [0.1, 0.15) is 0 Å². The number of carbonyl (C=O) groups is 1. The van der Waals surface area contributed by atoms with Crippen molar-refractivity contribution in [1.82, 2.24) is 9.80 Å². The van der Waals surface area contributed by atoms with Crippen LogP contribution in [0.2, 0.25) is 0 Å². The van der Waals surface area contributed by atoms with Gasteiger partial charge in [-0.2, -0.15) is 0 Å². The van der Waals surface area contributed by atoms with E-state index in [1.54, 1.807) is 22.0 Å². The number of carbonyl (C=O) groups excluding carboxylic acids is 1. The molecular weight excluding hydrogens is 348 g/mol. The molecule has 4 nitrogen and oxygen atoms in total. The van der Waals surface area contributed by atoms with Gasteiger partial charge in [0, 0.05) is 13.1 Å². The predicted molar refractivity (Wildman–Crippen MR) is 113 cm³/mol. The van der Waals surface area contributed by atoms with E-state index < -0.39 is 6.10 Å². The number of nitrogens with zero attached hydrogens (tertiary/aromatic N) is 2. The normalized spacial score (nSPS) is 20.2. The molecule has 1 aliphatic heterocycles. The van der Waals surface area contributed by atoms with Crippen LogP contribution in [0.4, 0.5) is 4.79 Å². The van der Waals surface area contributed by atoms with Gasteiger partial charge >= 0.3 is 6.03 Å². The summed E-state index contributed by atoms with van der Waals surface area (Å²) < 4.78 is 0. The van der Waals surface area contributed by atoms with Crippen molar-refractivity contribution in [3.63, 3.8) is 0 Å². The van der Waals surface area contributed by atoms with Crippen molar-refractivity contribution < 1.29 is 9.90 Å². The van der Waals surface area contributed by atoms with E-state index in [9.17, 15) is 9.90 Å². The summed E-state index contributed by atoms with van der Waals surface area (Å²) in [5, 5.41) is 11.4. The fraction of sp³-hybridized carbons (Fsp3) is 0.292. The Labute approximate surface area is 167 Å². The minimum Gasteiger partial charge on any atom is -0.389 e. The molecule has 0 saturated carbocycles. The molecule has 2 aromatic carbocycles. The summed E-state index contributed by atoms with van der Waals surface area (Å²) in [7, 11) is 0. The number of hydrogen-bond acceptors (Lipinski definition) is 2. The third-order valence-electron chi connectivity index (χ3n) is 5.31. The lowest BCUT2D eigenvalue weighted by Crippen LogP contribution is -2.67. The maximum absolute atomic E-state index is 13.3. The van der Waals surface area contributed by atoms with E-state index in [1.807, 2.05) is 60.7 Å². The van der Waals surface area contributed by atoms with Gasteiger partial charge in [-0.3, -0.25) is 0 Å². The van der Waals surface area contributed by atoms with Crippen LogP contribution in [-0.4, -0.2) is 52.2 Å². The highest BCUT2D eigenvalue weighted by Gasteiger charge is 2.44. The first-order valence-electron chi connectivity index (χ1n) is 9.70. The topological polar surface area (TPSA) is 43.8 Å². The number of aliphatic hydroxyl groups excluding tert-OH is 1. The van der Waals surface area contributed by atoms with Crippen LogP contribution in [0.25, 0.3) is 0 Å². The Morgan fingerprint density at radius 2 is 1.18 bits per heavy atom. The first-order valence-corrected chi connectivity index (χ1v) is 9.70. The summed E-state index contributed by atoms with van der Waals surface area (Å²) in [4.78, 5) is 16.8. The van der Waals surface area contributed by atoms with Crippen molar-refractivity contribution in [2.45, 2.75) is 31.0 Å². The van der Waals surface area contributed by atoms with Crippen molar-refractivity contribution in [3.8, 4) is 0 Å². The summed E-state index contributed by atoms with van der Waals surface area (Å²) in [6.07, 6.45) is 3.96. The molecule has 0 bridgehead atoms. The number of benzene rings is 2. The van der Waals surface area contributed by atoms with Gasteiger partial charge in [-0.15, -0.1) is 13.2 Å². The summed E-state index contributed by atoms with van der Waals surface area (Å²) in [5.41, 5.74) is 2.20. The molecule has 1 saturated heterocycles. The van der Waals surface area contributed by atoms with E-state index in [1.165, 1.54) is 0 Å². The molecule has 2 aromatic rings. The zero-order valence-electron chi connectivity index (χ0n) is 16.2. The maximum Gasteiger partial charge on any atom is 0.321 e. The molecule has 1 fully saturated rings. The second-order valence-electron chi connectivity index (χ2n) is 7.17. The van der Waals surface area contributed by atoms with Crippen LogP contribution in [-0.2, 0) is 12.8 Å². The van der Waals surface area contributed by atoms with Crippen molar-refractivity contribution in [2.75, 3.05) is 13.1 Å². The third-order valence-corrected chi connectivity index (χ3v) is 5.31. The fourth-order valence-corrected chi connectivity index (χ4v) is 3.95. The number of hydrogen-bond donors (Lipinski definition) is 1. The third kappa shape index (κ3) is 4.34. The molecule has 146 valence electrons. The van der Waals surface area contributed by atoms with Gasteiger partial charge in [0.15, 0.2) is 0 Å². The van der Waals surface area contributed by atoms with Gasteiger partial charge in [-0.1, -0.05) is 72.8 Å². The molecule has 28 heavy (non-hydrogen) atoms. The van der Waals surface area contributed by atoms with Crippen molar-refractivity contribution in [3.05, 3.63) is 97.1 Å². The highest BCUT2D eigenvalue weighted by Crippen LogP contribution is 2.27. The standard InChI is InChI=1S/C24H28N2O2/c1-3-15-25-21(17-19-11-7-5-8-12-19)23(27)22(26(16-4-2)24(25)28)18-20-13-9-6-10-14-20/h3-14,21-23,27H,1-2,15-18H2/t21-,22-/m0/s1. The van der Waals surface area contributed by atoms with Crippen LogP contribution in [0, 0.1) is 0 Å². The molecule has 0 aromatic heterocycles. The molecule has 1 aliphatic rings. The van der Waals surface area contributed by atoms with Crippen molar-refractivity contribution in [2.24, 2.45) is 0 Å². The molecule has 2 atom stereocenters. The second-order valence-corrected chi connectivity index (χ2v) is 7.17. The molecule has 0 radical (unpaired) electrons. The monoisotopic (exact) mass is 376 g/mol. The Morgan fingerprint density at radius 1 is 0.786 bits per heavy atom.